The average molecular weight is 348 g/mol. The Kier molecular flexibility index (Phi) is 3.86. The largest absolute Gasteiger partial charge is 0.497 e. The van der Waals surface area contributed by atoms with Crippen molar-refractivity contribution in [3.05, 3.63) is 65.0 Å². The standard InChI is InChI=1S/C20H16N2O2S/c1-12-5-3-4-6-16(12)21-19(23)18-10-14-9-13-7-8-15(24-2)11-17(13)22-20(14)25-18/h3-11H,1-2H3,(H,21,23). The summed E-state index contributed by atoms with van der Waals surface area (Å²) in [7, 11) is 1.64. The van der Waals surface area contributed by atoms with Crippen molar-refractivity contribution in [3.63, 3.8) is 0 Å². The molecule has 1 amide bonds. The van der Waals surface area contributed by atoms with Crippen LogP contribution in [0, 0.1) is 6.92 Å². The number of pyridine rings is 1. The number of nitrogens with zero attached hydrogens (tertiary/aromatic N) is 1. The first-order valence-corrected chi connectivity index (χ1v) is 8.71. The van der Waals surface area contributed by atoms with Crippen LogP contribution in [0.4, 0.5) is 5.69 Å². The van der Waals surface area contributed by atoms with Crippen LogP contribution in [0.5, 0.6) is 5.75 Å². The number of methoxy groups -OCH3 is 1. The number of aryl methyl sites for hydroxylation is 1. The lowest BCUT2D eigenvalue weighted by Gasteiger charge is -2.06. The van der Waals surface area contributed by atoms with Gasteiger partial charge >= 0.3 is 0 Å². The maximum absolute atomic E-state index is 12.6. The molecule has 4 nitrogen and oxygen atoms in total. The monoisotopic (exact) mass is 348 g/mol. The van der Waals surface area contributed by atoms with E-state index in [0.29, 0.717) is 4.88 Å². The second-order valence-electron chi connectivity index (χ2n) is 5.82. The van der Waals surface area contributed by atoms with Crippen LogP contribution < -0.4 is 10.1 Å². The molecule has 2 heterocycles. The molecular weight excluding hydrogens is 332 g/mol. The lowest BCUT2D eigenvalue weighted by Crippen LogP contribution is -2.10. The number of para-hydroxylation sites is 1. The Morgan fingerprint density at radius 3 is 2.72 bits per heavy atom. The minimum absolute atomic E-state index is 0.112. The predicted octanol–water partition coefficient (Wildman–Crippen LogP) is 5.02. The number of fused-ring (bicyclic) bond motifs is 2. The van der Waals surface area contributed by atoms with Crippen molar-refractivity contribution in [1.29, 1.82) is 0 Å². The Morgan fingerprint density at radius 1 is 1.08 bits per heavy atom. The Morgan fingerprint density at radius 2 is 1.92 bits per heavy atom. The number of ether oxygens (including phenoxy) is 1. The third-order valence-electron chi connectivity index (χ3n) is 4.13. The molecule has 0 bridgehead atoms. The number of benzene rings is 2. The summed E-state index contributed by atoms with van der Waals surface area (Å²) >= 11 is 1.39. The van der Waals surface area contributed by atoms with E-state index in [0.717, 1.165) is 38.1 Å². The van der Waals surface area contributed by atoms with Crippen molar-refractivity contribution in [2.45, 2.75) is 6.92 Å². The van der Waals surface area contributed by atoms with Crippen molar-refractivity contribution >= 4 is 44.1 Å². The number of amides is 1. The van der Waals surface area contributed by atoms with E-state index in [4.69, 9.17) is 4.74 Å². The van der Waals surface area contributed by atoms with Crippen molar-refractivity contribution in [2.24, 2.45) is 0 Å². The SMILES string of the molecule is COc1ccc2cc3cc(C(=O)Nc4ccccc4C)sc3nc2c1. The second kappa shape index (κ2) is 6.18. The summed E-state index contributed by atoms with van der Waals surface area (Å²) in [6.45, 7) is 1.97. The first-order valence-electron chi connectivity index (χ1n) is 7.89. The zero-order valence-corrected chi connectivity index (χ0v) is 14.7. The van der Waals surface area contributed by atoms with Crippen LogP contribution in [-0.2, 0) is 0 Å². The molecule has 0 saturated heterocycles. The van der Waals surface area contributed by atoms with Gasteiger partial charge in [-0.2, -0.15) is 0 Å². The number of hydrogen-bond donors (Lipinski definition) is 1. The molecule has 2 aromatic carbocycles. The van der Waals surface area contributed by atoms with E-state index in [1.807, 2.05) is 55.5 Å². The van der Waals surface area contributed by atoms with Gasteiger partial charge in [-0.05, 0) is 42.8 Å². The second-order valence-corrected chi connectivity index (χ2v) is 6.85. The molecule has 2 aromatic heterocycles. The number of rotatable bonds is 3. The maximum atomic E-state index is 12.6. The molecule has 5 heteroatoms. The van der Waals surface area contributed by atoms with Gasteiger partial charge in [0, 0.05) is 22.5 Å². The molecule has 0 aliphatic carbocycles. The number of thiophene rings is 1. The van der Waals surface area contributed by atoms with E-state index in [2.05, 4.69) is 16.4 Å². The molecule has 0 unspecified atom stereocenters. The van der Waals surface area contributed by atoms with Crippen LogP contribution in [0.15, 0.2) is 54.6 Å². The number of carbonyl (C=O) groups is 1. The third-order valence-corrected chi connectivity index (χ3v) is 5.17. The first kappa shape index (κ1) is 15.6. The van der Waals surface area contributed by atoms with E-state index in [1.54, 1.807) is 7.11 Å². The quantitative estimate of drug-likeness (QED) is 0.566. The van der Waals surface area contributed by atoms with Gasteiger partial charge in [0.25, 0.3) is 5.91 Å². The van der Waals surface area contributed by atoms with Crippen molar-refractivity contribution in [2.75, 3.05) is 12.4 Å². The molecule has 0 aliphatic rings. The van der Waals surface area contributed by atoms with E-state index >= 15 is 0 Å². The average Bonchev–Trinajstić information content (AvgIpc) is 3.04. The molecule has 0 atom stereocenters. The fourth-order valence-corrected chi connectivity index (χ4v) is 3.66. The molecule has 4 rings (SSSR count). The Bertz CT molecular complexity index is 1100. The van der Waals surface area contributed by atoms with Crippen molar-refractivity contribution in [1.82, 2.24) is 4.98 Å². The zero-order valence-electron chi connectivity index (χ0n) is 13.9. The number of nitrogens with one attached hydrogen (secondary N) is 1. The molecular formula is C20H16N2O2S. The minimum Gasteiger partial charge on any atom is -0.497 e. The van der Waals surface area contributed by atoms with Crippen molar-refractivity contribution in [3.8, 4) is 5.75 Å². The summed E-state index contributed by atoms with van der Waals surface area (Å²) in [6.07, 6.45) is 0. The fourth-order valence-electron chi connectivity index (χ4n) is 2.74. The topological polar surface area (TPSA) is 51.2 Å². The van der Waals surface area contributed by atoms with Gasteiger partial charge in [-0.25, -0.2) is 4.98 Å². The first-order chi connectivity index (χ1) is 12.1. The van der Waals surface area contributed by atoms with Gasteiger partial charge in [0.05, 0.1) is 17.5 Å². The molecule has 1 N–H and O–H groups in total. The summed E-state index contributed by atoms with van der Waals surface area (Å²) in [4.78, 5) is 18.7. The van der Waals surface area contributed by atoms with Crippen molar-refractivity contribution < 1.29 is 9.53 Å². The fraction of sp³-hybridized carbons (Fsp3) is 0.100. The molecule has 0 spiro atoms. The smallest absolute Gasteiger partial charge is 0.265 e. The highest BCUT2D eigenvalue weighted by atomic mass is 32.1. The van der Waals surface area contributed by atoms with Crippen LogP contribution in [0.3, 0.4) is 0 Å². The highest BCUT2D eigenvalue weighted by Gasteiger charge is 2.13. The summed E-state index contributed by atoms with van der Waals surface area (Å²) in [5.41, 5.74) is 2.72. The van der Waals surface area contributed by atoms with Gasteiger partial charge in [-0.15, -0.1) is 11.3 Å². The highest BCUT2D eigenvalue weighted by molar-refractivity contribution is 7.20. The molecule has 124 valence electrons. The summed E-state index contributed by atoms with van der Waals surface area (Å²) in [6, 6.07) is 17.5. The lowest BCUT2D eigenvalue weighted by molar-refractivity contribution is 0.103. The van der Waals surface area contributed by atoms with Gasteiger partial charge in [0.15, 0.2) is 0 Å². The number of carbonyl (C=O) groups excluding carboxylic acids is 1. The van der Waals surface area contributed by atoms with Crippen LogP contribution in [-0.4, -0.2) is 18.0 Å². The summed E-state index contributed by atoms with van der Waals surface area (Å²) in [5.74, 6) is 0.660. The van der Waals surface area contributed by atoms with Crippen LogP contribution in [0.2, 0.25) is 0 Å². The van der Waals surface area contributed by atoms with Crippen LogP contribution >= 0.6 is 11.3 Å². The highest BCUT2D eigenvalue weighted by Crippen LogP contribution is 2.29. The molecule has 4 aromatic rings. The molecule has 0 aliphatic heterocycles. The van der Waals surface area contributed by atoms with Gasteiger partial charge in [0.1, 0.15) is 10.6 Å². The Labute approximate surface area is 149 Å². The van der Waals surface area contributed by atoms with E-state index in [-0.39, 0.29) is 5.91 Å². The Hall–Kier alpha value is -2.92. The van der Waals surface area contributed by atoms with Gasteiger partial charge in [-0.3, -0.25) is 4.79 Å². The molecule has 25 heavy (non-hydrogen) atoms. The Balaban J connectivity index is 1.71. The zero-order chi connectivity index (χ0) is 17.4. The maximum Gasteiger partial charge on any atom is 0.265 e. The van der Waals surface area contributed by atoms with Gasteiger partial charge in [-0.1, -0.05) is 18.2 Å². The third kappa shape index (κ3) is 2.94. The lowest BCUT2D eigenvalue weighted by atomic mass is 10.2. The van der Waals surface area contributed by atoms with Crippen LogP contribution in [0.1, 0.15) is 15.2 Å². The van der Waals surface area contributed by atoms with Crippen LogP contribution in [0.25, 0.3) is 21.1 Å². The van der Waals surface area contributed by atoms with E-state index in [1.165, 1.54) is 11.3 Å². The molecule has 0 fully saturated rings. The summed E-state index contributed by atoms with van der Waals surface area (Å²) < 4.78 is 5.25. The molecule has 0 radical (unpaired) electrons. The minimum atomic E-state index is -0.112. The summed E-state index contributed by atoms with van der Waals surface area (Å²) in [5, 5.41) is 4.97. The number of aromatic nitrogens is 1. The van der Waals surface area contributed by atoms with Gasteiger partial charge < -0.3 is 10.1 Å². The van der Waals surface area contributed by atoms with E-state index in [9.17, 15) is 4.79 Å². The number of anilines is 1. The van der Waals surface area contributed by atoms with E-state index < -0.39 is 0 Å². The van der Waals surface area contributed by atoms with Gasteiger partial charge in [0.2, 0.25) is 0 Å². The normalized spacial score (nSPS) is 11.0. The number of hydrogen-bond acceptors (Lipinski definition) is 4. The molecule has 0 saturated carbocycles. The predicted molar refractivity (Wildman–Crippen MR) is 103 cm³/mol.